The summed E-state index contributed by atoms with van der Waals surface area (Å²) in [5.74, 6) is 0.777. The number of anilines is 1. The molecule has 0 saturated carbocycles. The maximum Gasteiger partial charge on any atom is 0.408 e. The van der Waals surface area contributed by atoms with Gasteiger partial charge in [0, 0.05) is 37.2 Å². The molecule has 0 bridgehead atoms. The second-order valence-electron chi connectivity index (χ2n) is 10.0. The standard InChI is InChI=1S/C27H33N3O6/c1-27(2,3)36-26(33)29-21(15-18-7-5-4-6-8-18)25(32)30-13-11-19(12-14-30)24(31)28-20-9-10-22-23(16-20)35-17-34-22/h4-10,16,19,21H,11-15,17H2,1-3H3,(H,28,31)(H,29,33)/t21-/m1/s1. The van der Waals surface area contributed by atoms with E-state index < -0.39 is 17.7 Å². The van der Waals surface area contributed by atoms with Gasteiger partial charge in [0.15, 0.2) is 11.5 Å². The van der Waals surface area contributed by atoms with Gasteiger partial charge in [-0.05, 0) is 51.3 Å². The average Bonchev–Trinajstić information content (AvgIpc) is 3.31. The first-order valence-corrected chi connectivity index (χ1v) is 12.2. The first-order valence-electron chi connectivity index (χ1n) is 12.2. The van der Waals surface area contributed by atoms with Gasteiger partial charge in [-0.1, -0.05) is 30.3 Å². The van der Waals surface area contributed by atoms with Crippen molar-refractivity contribution in [3.8, 4) is 11.5 Å². The number of rotatable bonds is 6. The summed E-state index contributed by atoms with van der Waals surface area (Å²) in [5.41, 5.74) is 0.908. The molecule has 2 aromatic rings. The molecule has 1 fully saturated rings. The van der Waals surface area contributed by atoms with E-state index in [0.29, 0.717) is 49.5 Å². The van der Waals surface area contributed by atoms with Crippen LogP contribution in [0.4, 0.5) is 10.5 Å². The fraction of sp³-hybridized carbons (Fsp3) is 0.444. The van der Waals surface area contributed by atoms with Crippen LogP contribution in [0.3, 0.4) is 0 Å². The highest BCUT2D eigenvalue weighted by atomic mass is 16.7. The Morgan fingerprint density at radius 2 is 1.72 bits per heavy atom. The summed E-state index contributed by atoms with van der Waals surface area (Å²) in [4.78, 5) is 40.4. The van der Waals surface area contributed by atoms with Crippen molar-refractivity contribution in [2.24, 2.45) is 5.92 Å². The van der Waals surface area contributed by atoms with Crippen LogP contribution in [0.1, 0.15) is 39.2 Å². The highest BCUT2D eigenvalue weighted by Crippen LogP contribution is 2.34. The summed E-state index contributed by atoms with van der Waals surface area (Å²) in [6.07, 6.45) is 0.789. The quantitative estimate of drug-likeness (QED) is 0.633. The van der Waals surface area contributed by atoms with Crippen LogP contribution in [-0.2, 0) is 20.7 Å². The lowest BCUT2D eigenvalue weighted by Crippen LogP contribution is -2.53. The Kier molecular flexibility index (Phi) is 7.67. The number of carbonyl (C=O) groups excluding carboxylic acids is 3. The molecule has 192 valence electrons. The second-order valence-corrected chi connectivity index (χ2v) is 10.0. The molecular formula is C27H33N3O6. The number of nitrogens with zero attached hydrogens (tertiary/aromatic N) is 1. The van der Waals surface area contributed by atoms with Crippen LogP contribution in [0.25, 0.3) is 0 Å². The minimum atomic E-state index is -0.763. The number of alkyl carbamates (subject to hydrolysis) is 1. The van der Waals surface area contributed by atoms with Crippen molar-refractivity contribution >= 4 is 23.6 Å². The lowest BCUT2D eigenvalue weighted by Gasteiger charge is -2.34. The topological polar surface area (TPSA) is 106 Å². The zero-order chi connectivity index (χ0) is 25.7. The minimum Gasteiger partial charge on any atom is -0.454 e. The maximum absolute atomic E-state index is 13.4. The lowest BCUT2D eigenvalue weighted by molar-refractivity contribution is -0.136. The Labute approximate surface area is 211 Å². The molecule has 36 heavy (non-hydrogen) atoms. The molecule has 9 heteroatoms. The summed E-state index contributed by atoms with van der Waals surface area (Å²) < 4.78 is 16.1. The largest absolute Gasteiger partial charge is 0.454 e. The van der Waals surface area contributed by atoms with Crippen LogP contribution in [0, 0.1) is 5.92 Å². The van der Waals surface area contributed by atoms with E-state index in [-0.39, 0.29) is 24.5 Å². The van der Waals surface area contributed by atoms with Crippen molar-refractivity contribution < 1.29 is 28.6 Å². The molecule has 0 aliphatic carbocycles. The highest BCUT2D eigenvalue weighted by molar-refractivity contribution is 5.93. The molecule has 2 aliphatic rings. The summed E-state index contributed by atoms with van der Waals surface area (Å²) in [6.45, 7) is 6.37. The molecule has 0 aromatic heterocycles. The van der Waals surface area contributed by atoms with Gasteiger partial charge in [-0.3, -0.25) is 9.59 Å². The number of fused-ring (bicyclic) bond motifs is 1. The third-order valence-corrected chi connectivity index (χ3v) is 6.09. The number of hydrogen-bond acceptors (Lipinski definition) is 6. The molecule has 4 rings (SSSR count). The van der Waals surface area contributed by atoms with Crippen LogP contribution in [0.2, 0.25) is 0 Å². The number of amides is 3. The molecule has 0 spiro atoms. The molecule has 2 heterocycles. The predicted octanol–water partition coefficient (Wildman–Crippen LogP) is 3.73. The van der Waals surface area contributed by atoms with Crippen molar-refractivity contribution in [1.82, 2.24) is 10.2 Å². The van der Waals surface area contributed by atoms with Crippen molar-refractivity contribution in [3.63, 3.8) is 0 Å². The van der Waals surface area contributed by atoms with Gasteiger partial charge in [-0.2, -0.15) is 0 Å². The Morgan fingerprint density at radius 1 is 1.03 bits per heavy atom. The highest BCUT2D eigenvalue weighted by Gasteiger charge is 2.33. The number of hydrogen-bond donors (Lipinski definition) is 2. The summed E-state index contributed by atoms with van der Waals surface area (Å²) in [7, 11) is 0. The van der Waals surface area contributed by atoms with Crippen LogP contribution in [0.15, 0.2) is 48.5 Å². The molecule has 1 saturated heterocycles. The van der Waals surface area contributed by atoms with Gasteiger partial charge in [0.25, 0.3) is 0 Å². The molecular weight excluding hydrogens is 462 g/mol. The van der Waals surface area contributed by atoms with Crippen molar-refractivity contribution in [2.45, 2.75) is 51.7 Å². The Morgan fingerprint density at radius 3 is 2.42 bits per heavy atom. The Balaban J connectivity index is 1.35. The third kappa shape index (κ3) is 6.68. The first-order chi connectivity index (χ1) is 17.2. The Bertz CT molecular complexity index is 1090. The van der Waals surface area contributed by atoms with Gasteiger partial charge in [-0.15, -0.1) is 0 Å². The molecule has 0 radical (unpaired) electrons. The van der Waals surface area contributed by atoms with E-state index in [0.717, 1.165) is 5.56 Å². The molecule has 2 N–H and O–H groups in total. The predicted molar refractivity (Wildman–Crippen MR) is 134 cm³/mol. The van der Waals surface area contributed by atoms with Gasteiger partial charge >= 0.3 is 6.09 Å². The number of ether oxygens (including phenoxy) is 3. The zero-order valence-corrected chi connectivity index (χ0v) is 20.9. The minimum absolute atomic E-state index is 0.0892. The van der Waals surface area contributed by atoms with E-state index in [2.05, 4.69) is 10.6 Å². The molecule has 1 atom stereocenters. The second kappa shape index (κ2) is 10.9. The average molecular weight is 496 g/mol. The Hall–Kier alpha value is -3.75. The lowest BCUT2D eigenvalue weighted by atomic mass is 9.94. The first kappa shape index (κ1) is 25.3. The van der Waals surface area contributed by atoms with Crippen LogP contribution < -0.4 is 20.1 Å². The summed E-state index contributed by atoms with van der Waals surface area (Å²) in [6, 6.07) is 14.1. The molecule has 3 amide bonds. The third-order valence-electron chi connectivity index (χ3n) is 6.09. The van der Waals surface area contributed by atoms with Crippen molar-refractivity contribution in [3.05, 3.63) is 54.1 Å². The molecule has 9 nitrogen and oxygen atoms in total. The van der Waals surface area contributed by atoms with Gasteiger partial charge in [0.1, 0.15) is 11.6 Å². The maximum atomic E-state index is 13.4. The van der Waals surface area contributed by atoms with E-state index in [4.69, 9.17) is 14.2 Å². The van der Waals surface area contributed by atoms with Crippen LogP contribution in [-0.4, -0.2) is 54.3 Å². The SMILES string of the molecule is CC(C)(C)OC(=O)N[C@H](Cc1ccccc1)C(=O)N1CCC(C(=O)Nc2ccc3c(c2)OCO3)CC1. The van der Waals surface area contributed by atoms with Gasteiger partial charge < -0.3 is 29.7 Å². The van der Waals surface area contributed by atoms with E-state index in [1.807, 2.05) is 30.3 Å². The normalized spacial score (nSPS) is 16.2. The van der Waals surface area contributed by atoms with Gasteiger partial charge in [0.05, 0.1) is 0 Å². The zero-order valence-electron chi connectivity index (χ0n) is 20.9. The molecule has 2 aliphatic heterocycles. The van der Waals surface area contributed by atoms with E-state index in [1.54, 1.807) is 43.9 Å². The van der Waals surface area contributed by atoms with Gasteiger partial charge in [-0.25, -0.2) is 4.79 Å². The molecule has 0 unspecified atom stereocenters. The monoisotopic (exact) mass is 495 g/mol. The van der Waals surface area contributed by atoms with Crippen LogP contribution in [0.5, 0.6) is 11.5 Å². The van der Waals surface area contributed by atoms with E-state index in [9.17, 15) is 14.4 Å². The van der Waals surface area contributed by atoms with Gasteiger partial charge in [0.2, 0.25) is 18.6 Å². The van der Waals surface area contributed by atoms with Crippen LogP contribution >= 0.6 is 0 Å². The fourth-order valence-corrected chi connectivity index (χ4v) is 4.30. The molecule has 2 aromatic carbocycles. The fourth-order valence-electron chi connectivity index (χ4n) is 4.30. The smallest absolute Gasteiger partial charge is 0.408 e. The van der Waals surface area contributed by atoms with Crippen molar-refractivity contribution in [2.75, 3.05) is 25.2 Å². The summed E-state index contributed by atoms with van der Waals surface area (Å²) in [5, 5.41) is 5.69. The number of carbonyl (C=O) groups is 3. The number of benzene rings is 2. The number of likely N-dealkylation sites (tertiary alicyclic amines) is 1. The van der Waals surface area contributed by atoms with E-state index >= 15 is 0 Å². The van der Waals surface area contributed by atoms with E-state index in [1.165, 1.54) is 0 Å². The summed E-state index contributed by atoms with van der Waals surface area (Å²) >= 11 is 0. The van der Waals surface area contributed by atoms with Crippen molar-refractivity contribution in [1.29, 1.82) is 0 Å². The number of piperidine rings is 1. The number of nitrogens with one attached hydrogen (secondary N) is 2.